The molecule has 0 spiro atoms. The number of ether oxygens (including phenoxy) is 2. The summed E-state index contributed by atoms with van der Waals surface area (Å²) in [6.07, 6.45) is 1.33. The average molecular weight is 232 g/mol. The predicted octanol–water partition coefficient (Wildman–Crippen LogP) is 2.14. The Morgan fingerprint density at radius 1 is 1.33 bits per heavy atom. The van der Waals surface area contributed by atoms with E-state index in [0.29, 0.717) is 0 Å². The number of hydrogen-bond acceptors (Lipinski definition) is 3. The molecule has 0 saturated carbocycles. The number of halogens is 1. The quantitative estimate of drug-likeness (QED) is 0.748. The molecular formula is C8H10BrNO2. The maximum atomic E-state index is 5.03. The van der Waals surface area contributed by atoms with Gasteiger partial charge in [-0.2, -0.15) is 0 Å². The van der Waals surface area contributed by atoms with Gasteiger partial charge in [0.25, 0.3) is 0 Å². The fourth-order valence-electron chi connectivity index (χ4n) is 0.864. The van der Waals surface area contributed by atoms with Gasteiger partial charge in [0, 0.05) is 24.9 Å². The molecule has 0 aliphatic heterocycles. The zero-order valence-corrected chi connectivity index (χ0v) is 8.54. The Morgan fingerprint density at radius 3 is 2.42 bits per heavy atom. The van der Waals surface area contributed by atoms with Crippen molar-refractivity contribution in [1.29, 1.82) is 0 Å². The van der Waals surface area contributed by atoms with Gasteiger partial charge in [0.1, 0.15) is 0 Å². The monoisotopic (exact) mass is 231 g/mol. The van der Waals surface area contributed by atoms with Crippen LogP contribution in [-0.2, 0) is 9.47 Å². The van der Waals surface area contributed by atoms with Crippen molar-refractivity contribution in [3.05, 3.63) is 28.5 Å². The molecule has 0 saturated heterocycles. The third-order valence-corrected chi connectivity index (χ3v) is 1.89. The van der Waals surface area contributed by atoms with E-state index in [2.05, 4.69) is 20.9 Å². The van der Waals surface area contributed by atoms with Gasteiger partial charge >= 0.3 is 0 Å². The van der Waals surface area contributed by atoms with Gasteiger partial charge in [-0.1, -0.05) is 0 Å². The molecule has 0 aliphatic carbocycles. The van der Waals surface area contributed by atoms with Crippen LogP contribution < -0.4 is 0 Å². The standard InChI is InChI=1S/C8H10BrNO2/c1-11-8(12-2)7-4-3-6(9)5-10-7/h3-5,8H,1-2H3. The summed E-state index contributed by atoms with van der Waals surface area (Å²) in [6, 6.07) is 3.75. The van der Waals surface area contributed by atoms with Gasteiger partial charge in [0.2, 0.25) is 6.29 Å². The van der Waals surface area contributed by atoms with Gasteiger partial charge in [0.15, 0.2) is 0 Å². The second-order valence-corrected chi connectivity index (χ2v) is 3.12. The first-order chi connectivity index (χ1) is 5.77. The Kier molecular flexibility index (Phi) is 3.65. The molecule has 1 aromatic rings. The van der Waals surface area contributed by atoms with Crippen molar-refractivity contribution in [1.82, 2.24) is 4.98 Å². The van der Waals surface area contributed by atoms with Crippen molar-refractivity contribution < 1.29 is 9.47 Å². The van der Waals surface area contributed by atoms with Crippen LogP contribution in [0.3, 0.4) is 0 Å². The summed E-state index contributed by atoms with van der Waals surface area (Å²) in [6.45, 7) is 0. The molecule has 1 rings (SSSR count). The number of methoxy groups -OCH3 is 2. The third-order valence-electron chi connectivity index (χ3n) is 1.42. The summed E-state index contributed by atoms with van der Waals surface area (Å²) >= 11 is 3.29. The van der Waals surface area contributed by atoms with Crippen molar-refractivity contribution in [3.8, 4) is 0 Å². The highest BCUT2D eigenvalue weighted by atomic mass is 79.9. The molecule has 0 atom stereocenters. The largest absolute Gasteiger partial charge is 0.350 e. The zero-order chi connectivity index (χ0) is 8.97. The number of hydrogen-bond donors (Lipinski definition) is 0. The molecule has 0 aliphatic rings. The SMILES string of the molecule is COC(OC)c1ccc(Br)cn1. The number of rotatable bonds is 3. The molecule has 0 unspecified atom stereocenters. The van der Waals surface area contributed by atoms with Crippen LogP contribution in [0.5, 0.6) is 0 Å². The summed E-state index contributed by atoms with van der Waals surface area (Å²) < 4.78 is 11.0. The molecule has 0 bridgehead atoms. The van der Waals surface area contributed by atoms with Crippen molar-refractivity contribution in [3.63, 3.8) is 0 Å². The molecule has 0 amide bonds. The lowest BCUT2D eigenvalue weighted by molar-refractivity contribution is -0.108. The Bertz CT molecular complexity index is 233. The Hall–Kier alpha value is -0.450. The van der Waals surface area contributed by atoms with Crippen LogP contribution in [0.2, 0.25) is 0 Å². The minimum absolute atomic E-state index is 0.377. The van der Waals surface area contributed by atoms with Crippen molar-refractivity contribution >= 4 is 15.9 Å². The van der Waals surface area contributed by atoms with Crippen LogP contribution in [0.25, 0.3) is 0 Å². The Labute approximate surface area is 79.8 Å². The van der Waals surface area contributed by atoms with Gasteiger partial charge in [-0.25, -0.2) is 0 Å². The fourth-order valence-corrected chi connectivity index (χ4v) is 1.10. The maximum absolute atomic E-state index is 5.03. The van der Waals surface area contributed by atoms with E-state index in [0.717, 1.165) is 10.2 Å². The van der Waals surface area contributed by atoms with Gasteiger partial charge in [0.05, 0.1) is 5.69 Å². The molecule has 0 N–H and O–H groups in total. The number of aromatic nitrogens is 1. The first-order valence-electron chi connectivity index (χ1n) is 3.45. The molecule has 12 heavy (non-hydrogen) atoms. The topological polar surface area (TPSA) is 31.4 Å². The van der Waals surface area contributed by atoms with Crippen LogP contribution in [-0.4, -0.2) is 19.2 Å². The fraction of sp³-hybridized carbons (Fsp3) is 0.375. The smallest absolute Gasteiger partial charge is 0.200 e. The average Bonchev–Trinajstić information content (AvgIpc) is 2.10. The molecule has 0 fully saturated rings. The van der Waals surface area contributed by atoms with E-state index in [-0.39, 0.29) is 6.29 Å². The van der Waals surface area contributed by atoms with E-state index in [1.807, 2.05) is 12.1 Å². The first-order valence-corrected chi connectivity index (χ1v) is 4.24. The molecule has 66 valence electrons. The van der Waals surface area contributed by atoms with E-state index in [9.17, 15) is 0 Å². The molecular weight excluding hydrogens is 222 g/mol. The number of pyridine rings is 1. The lowest BCUT2D eigenvalue weighted by Crippen LogP contribution is -2.05. The van der Waals surface area contributed by atoms with Crippen LogP contribution >= 0.6 is 15.9 Å². The van der Waals surface area contributed by atoms with Gasteiger partial charge in [-0.05, 0) is 28.1 Å². The molecule has 4 heteroatoms. The van der Waals surface area contributed by atoms with Crippen molar-refractivity contribution in [2.24, 2.45) is 0 Å². The molecule has 1 aromatic heterocycles. The highest BCUT2D eigenvalue weighted by Gasteiger charge is 2.08. The first kappa shape index (κ1) is 9.64. The molecule has 1 heterocycles. The maximum Gasteiger partial charge on any atom is 0.200 e. The summed E-state index contributed by atoms with van der Waals surface area (Å²) in [5.74, 6) is 0. The van der Waals surface area contributed by atoms with Crippen LogP contribution in [0, 0.1) is 0 Å². The van der Waals surface area contributed by atoms with Crippen molar-refractivity contribution in [2.45, 2.75) is 6.29 Å². The summed E-state index contributed by atoms with van der Waals surface area (Å²) in [5.41, 5.74) is 0.767. The second-order valence-electron chi connectivity index (χ2n) is 2.20. The predicted molar refractivity (Wildman–Crippen MR) is 48.7 cm³/mol. The third kappa shape index (κ3) is 2.27. The van der Waals surface area contributed by atoms with E-state index in [4.69, 9.17) is 9.47 Å². The van der Waals surface area contributed by atoms with Gasteiger partial charge in [-0.3, -0.25) is 4.98 Å². The lowest BCUT2D eigenvalue weighted by atomic mass is 10.3. The van der Waals surface area contributed by atoms with E-state index < -0.39 is 0 Å². The summed E-state index contributed by atoms with van der Waals surface area (Å²) in [5, 5.41) is 0. The zero-order valence-electron chi connectivity index (χ0n) is 6.95. The lowest BCUT2D eigenvalue weighted by Gasteiger charge is -2.11. The van der Waals surface area contributed by atoms with Crippen LogP contribution in [0.15, 0.2) is 22.8 Å². The minimum atomic E-state index is -0.377. The van der Waals surface area contributed by atoms with Gasteiger partial charge < -0.3 is 9.47 Å². The number of nitrogens with zero attached hydrogens (tertiary/aromatic N) is 1. The van der Waals surface area contributed by atoms with E-state index >= 15 is 0 Å². The van der Waals surface area contributed by atoms with Crippen LogP contribution in [0.1, 0.15) is 12.0 Å². The summed E-state index contributed by atoms with van der Waals surface area (Å²) in [4.78, 5) is 4.12. The normalized spacial score (nSPS) is 10.7. The van der Waals surface area contributed by atoms with Crippen molar-refractivity contribution in [2.75, 3.05) is 14.2 Å². The highest BCUT2D eigenvalue weighted by molar-refractivity contribution is 9.10. The van der Waals surface area contributed by atoms with Crippen LogP contribution in [0.4, 0.5) is 0 Å². The highest BCUT2D eigenvalue weighted by Crippen LogP contribution is 2.16. The Morgan fingerprint density at radius 2 is 2.00 bits per heavy atom. The Balaban J connectivity index is 2.80. The van der Waals surface area contributed by atoms with E-state index in [1.54, 1.807) is 20.4 Å². The second kappa shape index (κ2) is 4.54. The minimum Gasteiger partial charge on any atom is -0.350 e. The molecule has 0 aromatic carbocycles. The van der Waals surface area contributed by atoms with E-state index in [1.165, 1.54) is 0 Å². The summed E-state index contributed by atoms with van der Waals surface area (Å²) in [7, 11) is 3.16. The molecule has 0 radical (unpaired) electrons. The van der Waals surface area contributed by atoms with Gasteiger partial charge in [-0.15, -0.1) is 0 Å². The molecule has 3 nitrogen and oxygen atoms in total.